The SMILES string of the molecule is Cc1c(C)n(CC2CC3CCC2C3)c2ncnc(N)c12. The molecule has 4 nitrogen and oxygen atoms in total. The normalized spacial score (nSPS) is 28.6. The Balaban J connectivity index is 1.76. The van der Waals surface area contributed by atoms with Crippen LogP contribution in [0.3, 0.4) is 0 Å². The molecule has 2 aliphatic carbocycles. The Morgan fingerprint density at radius 2 is 2.10 bits per heavy atom. The van der Waals surface area contributed by atoms with Gasteiger partial charge in [-0.3, -0.25) is 0 Å². The monoisotopic (exact) mass is 270 g/mol. The van der Waals surface area contributed by atoms with E-state index < -0.39 is 0 Å². The second-order valence-electron chi connectivity index (χ2n) is 6.71. The Labute approximate surface area is 119 Å². The number of hydrogen-bond acceptors (Lipinski definition) is 3. The van der Waals surface area contributed by atoms with Gasteiger partial charge in [0.2, 0.25) is 0 Å². The molecule has 0 spiro atoms. The summed E-state index contributed by atoms with van der Waals surface area (Å²) >= 11 is 0. The second-order valence-corrected chi connectivity index (χ2v) is 6.71. The first kappa shape index (κ1) is 12.2. The van der Waals surface area contributed by atoms with Gasteiger partial charge in [0.15, 0.2) is 0 Å². The zero-order valence-corrected chi connectivity index (χ0v) is 12.3. The highest BCUT2D eigenvalue weighted by Crippen LogP contribution is 2.49. The summed E-state index contributed by atoms with van der Waals surface area (Å²) in [5, 5.41) is 1.05. The molecule has 0 saturated heterocycles. The third kappa shape index (κ3) is 1.60. The Bertz CT molecular complexity index is 673. The van der Waals surface area contributed by atoms with Crippen LogP contribution in [0.4, 0.5) is 5.82 Å². The van der Waals surface area contributed by atoms with E-state index in [0.29, 0.717) is 5.82 Å². The Hall–Kier alpha value is -1.58. The van der Waals surface area contributed by atoms with Crippen molar-refractivity contribution in [2.24, 2.45) is 17.8 Å². The molecule has 2 saturated carbocycles. The van der Waals surface area contributed by atoms with Crippen LogP contribution in [0.1, 0.15) is 36.9 Å². The van der Waals surface area contributed by atoms with Gasteiger partial charge in [-0.25, -0.2) is 9.97 Å². The lowest BCUT2D eigenvalue weighted by Gasteiger charge is -2.23. The largest absolute Gasteiger partial charge is 0.383 e. The van der Waals surface area contributed by atoms with Gasteiger partial charge >= 0.3 is 0 Å². The molecule has 0 radical (unpaired) electrons. The molecule has 106 valence electrons. The maximum atomic E-state index is 6.04. The van der Waals surface area contributed by atoms with E-state index in [-0.39, 0.29) is 0 Å². The van der Waals surface area contributed by atoms with Gasteiger partial charge in [0.05, 0.1) is 5.39 Å². The third-order valence-electron chi connectivity index (χ3n) is 5.74. The average Bonchev–Trinajstić information content (AvgIpc) is 3.10. The van der Waals surface area contributed by atoms with Crippen molar-refractivity contribution in [3.05, 3.63) is 17.6 Å². The predicted octanol–water partition coefficient (Wildman–Crippen LogP) is 3.07. The molecular formula is C16H22N4. The first-order chi connectivity index (χ1) is 9.65. The molecule has 4 rings (SSSR count). The van der Waals surface area contributed by atoms with Gasteiger partial charge in [-0.1, -0.05) is 6.42 Å². The van der Waals surface area contributed by atoms with Crippen molar-refractivity contribution in [3.63, 3.8) is 0 Å². The van der Waals surface area contributed by atoms with E-state index in [4.69, 9.17) is 5.73 Å². The minimum absolute atomic E-state index is 0.613. The molecule has 4 heteroatoms. The molecule has 2 aliphatic rings. The van der Waals surface area contributed by atoms with E-state index in [1.54, 1.807) is 6.33 Å². The van der Waals surface area contributed by atoms with Crippen LogP contribution >= 0.6 is 0 Å². The molecule has 0 aromatic carbocycles. The van der Waals surface area contributed by atoms with Crippen molar-refractivity contribution in [3.8, 4) is 0 Å². The maximum absolute atomic E-state index is 6.04. The van der Waals surface area contributed by atoms with Crippen molar-refractivity contribution in [1.82, 2.24) is 14.5 Å². The van der Waals surface area contributed by atoms with E-state index in [9.17, 15) is 0 Å². The van der Waals surface area contributed by atoms with Crippen molar-refractivity contribution in [2.75, 3.05) is 5.73 Å². The second kappa shape index (κ2) is 4.21. The van der Waals surface area contributed by atoms with E-state index >= 15 is 0 Å². The van der Waals surface area contributed by atoms with Gasteiger partial charge in [-0.2, -0.15) is 0 Å². The third-order valence-corrected chi connectivity index (χ3v) is 5.74. The quantitative estimate of drug-likeness (QED) is 0.912. The molecule has 3 atom stereocenters. The standard InChI is InChI=1S/C16H22N4/c1-9-10(2)20(16-14(9)15(17)18-8-19-16)7-13-6-11-3-4-12(13)5-11/h8,11-13H,3-7H2,1-2H3,(H2,17,18,19). The number of nitrogen functional groups attached to an aromatic ring is 1. The Kier molecular flexibility index (Phi) is 2.56. The molecule has 2 fully saturated rings. The summed E-state index contributed by atoms with van der Waals surface area (Å²) in [6, 6.07) is 0. The smallest absolute Gasteiger partial charge is 0.145 e. The van der Waals surface area contributed by atoms with Crippen molar-refractivity contribution < 1.29 is 0 Å². The molecule has 2 bridgehead atoms. The lowest BCUT2D eigenvalue weighted by molar-refractivity contribution is 0.297. The van der Waals surface area contributed by atoms with Crippen LogP contribution in [0, 0.1) is 31.6 Å². The van der Waals surface area contributed by atoms with Crippen LogP contribution in [0.5, 0.6) is 0 Å². The zero-order valence-electron chi connectivity index (χ0n) is 12.3. The van der Waals surface area contributed by atoms with Gasteiger partial charge in [-0.05, 0) is 56.4 Å². The number of aryl methyl sites for hydroxylation is 1. The van der Waals surface area contributed by atoms with E-state index in [2.05, 4.69) is 28.4 Å². The molecule has 2 heterocycles. The van der Waals surface area contributed by atoms with Gasteiger partial charge < -0.3 is 10.3 Å². The fourth-order valence-corrected chi connectivity index (χ4v) is 4.55. The first-order valence-corrected chi connectivity index (χ1v) is 7.71. The van der Waals surface area contributed by atoms with Crippen molar-refractivity contribution in [1.29, 1.82) is 0 Å². The number of hydrogen-bond donors (Lipinski definition) is 1. The minimum Gasteiger partial charge on any atom is -0.383 e. The average molecular weight is 270 g/mol. The fourth-order valence-electron chi connectivity index (χ4n) is 4.55. The summed E-state index contributed by atoms with van der Waals surface area (Å²) in [5.41, 5.74) is 9.61. The van der Waals surface area contributed by atoms with Gasteiger partial charge in [0.25, 0.3) is 0 Å². The fraction of sp³-hybridized carbons (Fsp3) is 0.625. The summed E-state index contributed by atoms with van der Waals surface area (Å²) in [6.45, 7) is 5.42. The number of anilines is 1. The Morgan fingerprint density at radius 1 is 1.25 bits per heavy atom. The van der Waals surface area contributed by atoms with Gasteiger partial charge in [0.1, 0.15) is 17.8 Å². The van der Waals surface area contributed by atoms with Crippen LogP contribution in [-0.2, 0) is 6.54 Å². The molecule has 0 aliphatic heterocycles. The highest BCUT2D eigenvalue weighted by atomic mass is 15.1. The molecule has 2 aromatic rings. The number of rotatable bonds is 2. The molecule has 2 N–H and O–H groups in total. The highest BCUT2D eigenvalue weighted by Gasteiger charge is 2.39. The summed E-state index contributed by atoms with van der Waals surface area (Å²) in [6.07, 6.45) is 7.35. The molecule has 3 unspecified atom stereocenters. The molecular weight excluding hydrogens is 248 g/mol. The number of aromatic nitrogens is 3. The topological polar surface area (TPSA) is 56.7 Å². The van der Waals surface area contributed by atoms with Crippen molar-refractivity contribution >= 4 is 16.9 Å². The summed E-state index contributed by atoms with van der Waals surface area (Å²) < 4.78 is 2.38. The molecule has 2 aromatic heterocycles. The Morgan fingerprint density at radius 3 is 2.80 bits per heavy atom. The highest BCUT2D eigenvalue weighted by molar-refractivity contribution is 5.90. The summed E-state index contributed by atoms with van der Waals surface area (Å²) in [5.74, 6) is 3.38. The lowest BCUT2D eigenvalue weighted by atomic mass is 9.89. The van der Waals surface area contributed by atoms with Crippen LogP contribution < -0.4 is 5.73 Å². The number of fused-ring (bicyclic) bond motifs is 3. The van der Waals surface area contributed by atoms with Crippen LogP contribution in [-0.4, -0.2) is 14.5 Å². The minimum atomic E-state index is 0.613. The summed E-state index contributed by atoms with van der Waals surface area (Å²) in [4.78, 5) is 8.65. The predicted molar refractivity (Wildman–Crippen MR) is 80.4 cm³/mol. The van der Waals surface area contributed by atoms with Crippen molar-refractivity contribution in [2.45, 2.75) is 46.1 Å². The van der Waals surface area contributed by atoms with Crippen LogP contribution in [0.25, 0.3) is 11.0 Å². The van der Waals surface area contributed by atoms with Gasteiger partial charge in [-0.15, -0.1) is 0 Å². The van der Waals surface area contributed by atoms with E-state index in [0.717, 1.165) is 35.3 Å². The maximum Gasteiger partial charge on any atom is 0.145 e. The van der Waals surface area contributed by atoms with E-state index in [1.165, 1.54) is 36.9 Å². The summed E-state index contributed by atoms with van der Waals surface area (Å²) in [7, 11) is 0. The molecule has 0 amide bonds. The first-order valence-electron chi connectivity index (χ1n) is 7.71. The van der Waals surface area contributed by atoms with Gasteiger partial charge in [0, 0.05) is 12.2 Å². The number of nitrogens with two attached hydrogens (primary N) is 1. The lowest BCUT2D eigenvalue weighted by Crippen LogP contribution is -2.18. The van der Waals surface area contributed by atoms with Crippen LogP contribution in [0.2, 0.25) is 0 Å². The zero-order chi connectivity index (χ0) is 13.9. The number of nitrogens with zero attached hydrogens (tertiary/aromatic N) is 3. The van der Waals surface area contributed by atoms with Crippen LogP contribution in [0.15, 0.2) is 6.33 Å². The van der Waals surface area contributed by atoms with E-state index in [1.807, 2.05) is 0 Å². The molecule has 20 heavy (non-hydrogen) atoms.